The van der Waals surface area contributed by atoms with Gasteiger partial charge in [0.25, 0.3) is 5.91 Å². The zero-order valence-corrected chi connectivity index (χ0v) is 28.9. The molecule has 0 aliphatic carbocycles. The Morgan fingerprint density at radius 1 is 0.857 bits per heavy atom. The van der Waals surface area contributed by atoms with Crippen LogP contribution in [0.4, 0.5) is 16.2 Å². The van der Waals surface area contributed by atoms with Crippen LogP contribution < -0.4 is 16.0 Å². The molecule has 0 radical (unpaired) electrons. The Morgan fingerprint density at radius 3 is 2.41 bits per heavy atom. The molecule has 0 aromatic heterocycles. The molecule has 0 spiro atoms. The standard InChI is InChI=1S/C39H52N6O4/c1-43(37(46)15-6-3-9-23-41-33-18-16-32(17-19-33)38(47)45-25-10-22-40-24-28-45)29-30-44-26-20-34(21-27-44)49-39(48)42-36-14-8-7-13-35(36)31-11-4-2-5-12-31/h2,4-5,7-8,11-14,16-19,34,40-41H,3,6,9-10,15,20-30H2,1H3,(H,42,48). The smallest absolute Gasteiger partial charge is 0.411 e. The number of hydrogen-bond donors (Lipinski definition) is 3. The van der Waals surface area contributed by atoms with Crippen molar-refractivity contribution in [2.45, 2.75) is 51.0 Å². The van der Waals surface area contributed by atoms with E-state index in [-0.39, 0.29) is 17.9 Å². The summed E-state index contributed by atoms with van der Waals surface area (Å²) in [6.45, 7) is 7.37. The second-order valence-electron chi connectivity index (χ2n) is 13.0. The number of rotatable bonds is 14. The molecule has 3 aromatic carbocycles. The maximum Gasteiger partial charge on any atom is 0.411 e. The SMILES string of the molecule is CN(CCN1CCC(OC(=O)Nc2ccccc2-c2ccccc2)CC1)C(=O)CCCCCNc1ccc(C(=O)N2CCCNCC2)cc1. The summed E-state index contributed by atoms with van der Waals surface area (Å²) in [7, 11) is 1.88. The molecule has 2 aliphatic rings. The molecule has 3 aromatic rings. The second kappa shape index (κ2) is 19.0. The Morgan fingerprint density at radius 2 is 1.61 bits per heavy atom. The first kappa shape index (κ1) is 35.9. The average molecular weight is 669 g/mol. The minimum Gasteiger partial charge on any atom is -0.446 e. The lowest BCUT2D eigenvalue weighted by Gasteiger charge is -2.32. The lowest BCUT2D eigenvalue weighted by atomic mass is 10.0. The first-order valence-electron chi connectivity index (χ1n) is 17.9. The summed E-state index contributed by atoms with van der Waals surface area (Å²) in [5.41, 5.74) is 4.47. The largest absolute Gasteiger partial charge is 0.446 e. The van der Waals surface area contributed by atoms with Gasteiger partial charge in [0, 0.05) is 82.6 Å². The third kappa shape index (κ3) is 11.3. The van der Waals surface area contributed by atoms with Gasteiger partial charge in [-0.1, -0.05) is 55.0 Å². The van der Waals surface area contributed by atoms with Gasteiger partial charge in [0.15, 0.2) is 0 Å². The van der Waals surface area contributed by atoms with Crippen LogP contribution in [0.15, 0.2) is 78.9 Å². The number of nitrogens with one attached hydrogen (secondary N) is 3. The minimum absolute atomic E-state index is 0.0998. The van der Waals surface area contributed by atoms with Gasteiger partial charge in [0.05, 0.1) is 5.69 Å². The Balaban J connectivity index is 0.907. The number of ether oxygens (including phenoxy) is 1. The lowest BCUT2D eigenvalue weighted by Crippen LogP contribution is -2.42. The third-order valence-corrected chi connectivity index (χ3v) is 9.39. The molecule has 5 rings (SSSR count). The van der Waals surface area contributed by atoms with E-state index in [1.54, 1.807) is 0 Å². The van der Waals surface area contributed by atoms with E-state index >= 15 is 0 Å². The Hall–Kier alpha value is -4.41. The number of nitrogens with zero attached hydrogens (tertiary/aromatic N) is 3. The molecule has 0 unspecified atom stereocenters. The molecule has 0 bridgehead atoms. The molecule has 3 N–H and O–H groups in total. The number of para-hydroxylation sites is 1. The molecule has 10 heteroatoms. The van der Waals surface area contributed by atoms with Gasteiger partial charge in [0.2, 0.25) is 5.91 Å². The van der Waals surface area contributed by atoms with Crippen LogP contribution >= 0.6 is 0 Å². The van der Waals surface area contributed by atoms with E-state index in [1.807, 2.05) is 95.7 Å². The fraction of sp³-hybridized carbons (Fsp3) is 0.462. The molecular formula is C39H52N6O4. The molecule has 2 fully saturated rings. The van der Waals surface area contributed by atoms with Gasteiger partial charge in [-0.3, -0.25) is 14.9 Å². The number of likely N-dealkylation sites (N-methyl/N-ethyl adjacent to an activating group) is 1. The van der Waals surface area contributed by atoms with Crippen LogP contribution in [0, 0.1) is 0 Å². The van der Waals surface area contributed by atoms with Gasteiger partial charge < -0.3 is 30.1 Å². The fourth-order valence-electron chi connectivity index (χ4n) is 6.38. The van der Waals surface area contributed by atoms with Crippen LogP contribution in [0.25, 0.3) is 11.1 Å². The maximum atomic E-state index is 12.8. The molecule has 262 valence electrons. The van der Waals surface area contributed by atoms with E-state index in [0.29, 0.717) is 13.0 Å². The monoisotopic (exact) mass is 668 g/mol. The molecule has 0 saturated carbocycles. The first-order valence-corrected chi connectivity index (χ1v) is 17.9. The molecular weight excluding hydrogens is 616 g/mol. The van der Waals surface area contributed by atoms with E-state index in [1.165, 1.54) is 0 Å². The van der Waals surface area contributed by atoms with Crippen molar-refractivity contribution in [2.24, 2.45) is 0 Å². The Kier molecular flexibility index (Phi) is 13.9. The number of amides is 3. The van der Waals surface area contributed by atoms with Crippen LogP contribution in [0.2, 0.25) is 0 Å². The van der Waals surface area contributed by atoms with Gasteiger partial charge in [-0.15, -0.1) is 0 Å². The number of piperidine rings is 1. The van der Waals surface area contributed by atoms with Crippen LogP contribution in [-0.2, 0) is 9.53 Å². The minimum atomic E-state index is -0.425. The predicted octanol–water partition coefficient (Wildman–Crippen LogP) is 5.93. The molecule has 49 heavy (non-hydrogen) atoms. The number of benzene rings is 3. The quantitative estimate of drug-likeness (QED) is 0.183. The van der Waals surface area contributed by atoms with Gasteiger partial charge in [-0.2, -0.15) is 0 Å². The highest BCUT2D eigenvalue weighted by Gasteiger charge is 2.23. The van der Waals surface area contributed by atoms with Gasteiger partial charge in [0.1, 0.15) is 6.10 Å². The van der Waals surface area contributed by atoms with Gasteiger partial charge >= 0.3 is 6.09 Å². The molecule has 2 saturated heterocycles. The fourth-order valence-corrected chi connectivity index (χ4v) is 6.38. The zero-order chi connectivity index (χ0) is 34.3. The van der Waals surface area contributed by atoms with E-state index in [0.717, 1.165) is 119 Å². The molecule has 0 atom stereocenters. The number of hydrogen-bond acceptors (Lipinski definition) is 7. The van der Waals surface area contributed by atoms with Crippen molar-refractivity contribution in [1.29, 1.82) is 0 Å². The van der Waals surface area contributed by atoms with Crippen LogP contribution in [0.3, 0.4) is 0 Å². The zero-order valence-electron chi connectivity index (χ0n) is 28.9. The highest BCUT2D eigenvalue weighted by atomic mass is 16.6. The van der Waals surface area contributed by atoms with Crippen LogP contribution in [0.1, 0.15) is 55.3 Å². The Labute approximate surface area is 291 Å². The van der Waals surface area contributed by atoms with Crippen molar-refractivity contribution in [3.05, 3.63) is 84.4 Å². The van der Waals surface area contributed by atoms with Crippen LogP contribution in [-0.4, -0.2) is 105 Å². The summed E-state index contributed by atoms with van der Waals surface area (Å²) < 4.78 is 5.77. The lowest BCUT2D eigenvalue weighted by molar-refractivity contribution is -0.130. The van der Waals surface area contributed by atoms with E-state index in [9.17, 15) is 14.4 Å². The number of anilines is 2. The third-order valence-electron chi connectivity index (χ3n) is 9.39. The summed E-state index contributed by atoms with van der Waals surface area (Å²) in [4.78, 5) is 44.3. The molecule has 10 nitrogen and oxygen atoms in total. The number of likely N-dealkylation sites (tertiary alicyclic amines) is 1. The first-order chi connectivity index (χ1) is 24.0. The molecule has 2 aliphatic heterocycles. The van der Waals surface area contributed by atoms with Crippen LogP contribution in [0.5, 0.6) is 0 Å². The summed E-state index contributed by atoms with van der Waals surface area (Å²) in [5, 5.41) is 9.70. The number of carbonyl (C=O) groups excluding carboxylic acids is 3. The topological polar surface area (TPSA) is 106 Å². The number of unbranched alkanes of at least 4 members (excludes halogenated alkanes) is 2. The van der Waals surface area contributed by atoms with Crippen molar-refractivity contribution in [3.8, 4) is 11.1 Å². The van der Waals surface area contributed by atoms with Crippen molar-refractivity contribution in [3.63, 3.8) is 0 Å². The average Bonchev–Trinajstić information content (AvgIpc) is 3.43. The van der Waals surface area contributed by atoms with Crippen molar-refractivity contribution in [2.75, 3.05) is 76.6 Å². The van der Waals surface area contributed by atoms with Gasteiger partial charge in [-0.05, 0) is 74.5 Å². The van der Waals surface area contributed by atoms with E-state index in [4.69, 9.17) is 4.74 Å². The molecule has 2 heterocycles. The van der Waals surface area contributed by atoms with Gasteiger partial charge in [-0.25, -0.2) is 4.79 Å². The van der Waals surface area contributed by atoms with E-state index < -0.39 is 6.09 Å². The summed E-state index contributed by atoms with van der Waals surface area (Å²) in [6.07, 6.45) is 5.37. The van der Waals surface area contributed by atoms with Crippen molar-refractivity contribution < 1.29 is 19.1 Å². The Bertz CT molecular complexity index is 1470. The van der Waals surface area contributed by atoms with E-state index in [2.05, 4.69) is 20.9 Å². The number of carbonyl (C=O) groups is 3. The van der Waals surface area contributed by atoms with Crippen molar-refractivity contribution >= 4 is 29.3 Å². The summed E-state index contributed by atoms with van der Waals surface area (Å²) >= 11 is 0. The highest BCUT2D eigenvalue weighted by molar-refractivity contribution is 5.94. The summed E-state index contributed by atoms with van der Waals surface area (Å²) in [5.74, 6) is 0.279. The normalized spacial score (nSPS) is 15.7. The summed E-state index contributed by atoms with van der Waals surface area (Å²) in [6, 6.07) is 25.5. The predicted molar refractivity (Wildman–Crippen MR) is 196 cm³/mol. The molecule has 3 amide bonds. The van der Waals surface area contributed by atoms with Crippen molar-refractivity contribution in [1.82, 2.24) is 20.0 Å². The second-order valence-corrected chi connectivity index (χ2v) is 13.0. The maximum absolute atomic E-state index is 12.8. The highest BCUT2D eigenvalue weighted by Crippen LogP contribution is 2.28.